The molecule has 0 aromatic carbocycles. The van der Waals surface area contributed by atoms with Crippen molar-refractivity contribution in [3.05, 3.63) is 47.3 Å². The monoisotopic (exact) mass is 316 g/mol. The molecule has 3 rings (SSSR count). The standard InChI is InChI=1S/C15H16N4O4/c1-9-13-11(15(21)22)6-12(19(13)4-5-23-9)14(20)18-8-10-7-16-2-3-17-10/h2-3,6-7,9H,4-5,8H2,1H3,(H,18,20)(H,21,22). The highest BCUT2D eigenvalue weighted by Crippen LogP contribution is 2.29. The zero-order chi connectivity index (χ0) is 16.4. The van der Waals surface area contributed by atoms with Crippen molar-refractivity contribution in [2.75, 3.05) is 6.61 Å². The lowest BCUT2D eigenvalue weighted by Gasteiger charge is -2.24. The SMILES string of the molecule is CC1OCCn2c(C(=O)NCc3cnccn3)cc(C(=O)O)c21. The van der Waals surface area contributed by atoms with E-state index in [-0.39, 0.29) is 24.1 Å². The van der Waals surface area contributed by atoms with Gasteiger partial charge in [-0.25, -0.2) is 4.79 Å². The Labute approximate surface area is 132 Å². The van der Waals surface area contributed by atoms with Gasteiger partial charge in [-0.3, -0.25) is 14.8 Å². The minimum absolute atomic E-state index is 0.0989. The van der Waals surface area contributed by atoms with Gasteiger partial charge in [-0.1, -0.05) is 0 Å². The second-order valence-electron chi connectivity index (χ2n) is 5.18. The molecule has 0 saturated carbocycles. The molecule has 0 aliphatic carbocycles. The minimum Gasteiger partial charge on any atom is -0.478 e. The highest BCUT2D eigenvalue weighted by molar-refractivity contribution is 5.98. The number of hydrogen-bond acceptors (Lipinski definition) is 5. The van der Waals surface area contributed by atoms with Crippen LogP contribution in [0, 0.1) is 0 Å². The number of fused-ring (bicyclic) bond motifs is 1. The summed E-state index contributed by atoms with van der Waals surface area (Å²) in [6.45, 7) is 2.88. The molecule has 120 valence electrons. The average Bonchev–Trinajstić information content (AvgIpc) is 2.95. The summed E-state index contributed by atoms with van der Waals surface area (Å²) in [5.41, 5.74) is 1.56. The Bertz CT molecular complexity index is 741. The molecular formula is C15H16N4O4. The first-order valence-electron chi connectivity index (χ1n) is 7.19. The summed E-state index contributed by atoms with van der Waals surface area (Å²) >= 11 is 0. The maximum absolute atomic E-state index is 12.4. The van der Waals surface area contributed by atoms with E-state index < -0.39 is 5.97 Å². The summed E-state index contributed by atoms with van der Waals surface area (Å²) in [5, 5.41) is 12.1. The molecule has 2 aromatic heterocycles. The molecule has 1 unspecified atom stereocenters. The first kappa shape index (κ1) is 15.2. The molecule has 2 aromatic rings. The van der Waals surface area contributed by atoms with E-state index >= 15 is 0 Å². The Morgan fingerprint density at radius 1 is 1.48 bits per heavy atom. The maximum Gasteiger partial charge on any atom is 0.337 e. The van der Waals surface area contributed by atoms with Crippen LogP contribution in [-0.4, -0.2) is 38.1 Å². The molecule has 23 heavy (non-hydrogen) atoms. The van der Waals surface area contributed by atoms with Crippen LogP contribution in [0.15, 0.2) is 24.7 Å². The Morgan fingerprint density at radius 3 is 3.00 bits per heavy atom. The van der Waals surface area contributed by atoms with E-state index in [0.717, 1.165) is 0 Å². The number of amides is 1. The van der Waals surface area contributed by atoms with Gasteiger partial charge in [-0.05, 0) is 13.0 Å². The number of carboxylic acid groups (broad SMARTS) is 1. The molecular weight excluding hydrogens is 300 g/mol. The second-order valence-corrected chi connectivity index (χ2v) is 5.18. The fraction of sp³-hybridized carbons (Fsp3) is 0.333. The van der Waals surface area contributed by atoms with Crippen molar-refractivity contribution in [1.82, 2.24) is 19.9 Å². The van der Waals surface area contributed by atoms with Gasteiger partial charge < -0.3 is 19.7 Å². The van der Waals surface area contributed by atoms with Crippen molar-refractivity contribution in [2.24, 2.45) is 0 Å². The minimum atomic E-state index is -1.07. The van der Waals surface area contributed by atoms with Crippen molar-refractivity contribution in [1.29, 1.82) is 0 Å². The van der Waals surface area contributed by atoms with Crippen LogP contribution in [0.2, 0.25) is 0 Å². The first-order chi connectivity index (χ1) is 11.1. The molecule has 1 atom stereocenters. The largest absolute Gasteiger partial charge is 0.478 e. The van der Waals surface area contributed by atoms with Crippen LogP contribution < -0.4 is 5.32 Å². The fourth-order valence-corrected chi connectivity index (χ4v) is 2.68. The third-order valence-electron chi connectivity index (χ3n) is 3.72. The number of rotatable bonds is 4. The lowest BCUT2D eigenvalue weighted by molar-refractivity contribution is 0.0300. The lowest BCUT2D eigenvalue weighted by Crippen LogP contribution is -2.29. The Balaban J connectivity index is 1.86. The molecule has 0 bridgehead atoms. The molecule has 1 aliphatic heterocycles. The maximum atomic E-state index is 12.4. The van der Waals surface area contributed by atoms with E-state index in [2.05, 4.69) is 15.3 Å². The van der Waals surface area contributed by atoms with Gasteiger partial charge >= 0.3 is 5.97 Å². The van der Waals surface area contributed by atoms with E-state index in [0.29, 0.717) is 30.2 Å². The van der Waals surface area contributed by atoms with Crippen molar-refractivity contribution in [3.8, 4) is 0 Å². The molecule has 3 heterocycles. The molecule has 8 nitrogen and oxygen atoms in total. The Hall–Kier alpha value is -2.74. The number of aromatic carboxylic acids is 1. The number of carboxylic acids is 1. The average molecular weight is 316 g/mol. The van der Waals surface area contributed by atoms with Crippen LogP contribution in [0.5, 0.6) is 0 Å². The topological polar surface area (TPSA) is 106 Å². The van der Waals surface area contributed by atoms with Gasteiger partial charge in [0.05, 0.1) is 42.4 Å². The van der Waals surface area contributed by atoms with Crippen LogP contribution >= 0.6 is 0 Å². The fourth-order valence-electron chi connectivity index (χ4n) is 2.68. The number of carbonyl (C=O) groups is 2. The number of hydrogen-bond donors (Lipinski definition) is 2. The highest BCUT2D eigenvalue weighted by Gasteiger charge is 2.29. The van der Waals surface area contributed by atoms with Crippen molar-refractivity contribution in [3.63, 3.8) is 0 Å². The molecule has 0 spiro atoms. The van der Waals surface area contributed by atoms with Gasteiger partial charge in [-0.15, -0.1) is 0 Å². The number of carbonyl (C=O) groups excluding carboxylic acids is 1. The Morgan fingerprint density at radius 2 is 2.30 bits per heavy atom. The second kappa shape index (κ2) is 6.17. The molecule has 0 radical (unpaired) electrons. The summed E-state index contributed by atoms with van der Waals surface area (Å²) in [5.74, 6) is -1.42. The van der Waals surface area contributed by atoms with Gasteiger partial charge in [0, 0.05) is 18.9 Å². The number of nitrogens with one attached hydrogen (secondary N) is 1. The predicted octanol–water partition coefficient (Wildman–Crippen LogP) is 0.997. The normalized spacial score (nSPS) is 16.7. The zero-order valence-electron chi connectivity index (χ0n) is 12.5. The first-order valence-corrected chi connectivity index (χ1v) is 7.19. The summed E-state index contributed by atoms with van der Waals surface area (Å²) in [4.78, 5) is 31.8. The smallest absolute Gasteiger partial charge is 0.337 e. The third kappa shape index (κ3) is 2.93. The van der Waals surface area contributed by atoms with Crippen LogP contribution in [0.4, 0.5) is 0 Å². The van der Waals surface area contributed by atoms with Crippen LogP contribution in [-0.2, 0) is 17.8 Å². The highest BCUT2D eigenvalue weighted by atomic mass is 16.5. The zero-order valence-corrected chi connectivity index (χ0v) is 12.5. The van der Waals surface area contributed by atoms with Gasteiger partial charge in [-0.2, -0.15) is 0 Å². The molecule has 1 amide bonds. The van der Waals surface area contributed by atoms with E-state index in [4.69, 9.17) is 4.74 Å². The van der Waals surface area contributed by atoms with Gasteiger partial charge in [0.25, 0.3) is 5.91 Å². The Kier molecular flexibility index (Phi) is 4.07. The number of nitrogens with zero attached hydrogens (tertiary/aromatic N) is 3. The van der Waals surface area contributed by atoms with Crippen molar-refractivity contribution >= 4 is 11.9 Å². The number of ether oxygens (including phenoxy) is 1. The quantitative estimate of drug-likeness (QED) is 0.871. The van der Waals surface area contributed by atoms with Crippen LogP contribution in [0.1, 0.15) is 45.3 Å². The number of aromatic nitrogens is 3. The lowest BCUT2D eigenvalue weighted by atomic mass is 10.1. The molecule has 1 aliphatic rings. The van der Waals surface area contributed by atoms with E-state index in [1.165, 1.54) is 6.07 Å². The predicted molar refractivity (Wildman–Crippen MR) is 79.0 cm³/mol. The summed E-state index contributed by atoms with van der Waals surface area (Å²) in [6, 6.07) is 1.40. The van der Waals surface area contributed by atoms with E-state index in [9.17, 15) is 14.7 Å². The van der Waals surface area contributed by atoms with Crippen molar-refractivity contribution in [2.45, 2.75) is 26.1 Å². The van der Waals surface area contributed by atoms with Crippen LogP contribution in [0.25, 0.3) is 0 Å². The molecule has 0 fully saturated rings. The van der Waals surface area contributed by atoms with E-state index in [1.54, 1.807) is 30.1 Å². The summed E-state index contributed by atoms with van der Waals surface area (Å²) in [7, 11) is 0. The van der Waals surface area contributed by atoms with E-state index in [1.807, 2.05) is 0 Å². The molecule has 0 saturated heterocycles. The van der Waals surface area contributed by atoms with Gasteiger partial charge in [0.15, 0.2) is 0 Å². The van der Waals surface area contributed by atoms with Gasteiger partial charge in [0.1, 0.15) is 5.69 Å². The summed E-state index contributed by atoms with van der Waals surface area (Å²) in [6.07, 6.45) is 4.29. The molecule has 2 N–H and O–H groups in total. The van der Waals surface area contributed by atoms with Gasteiger partial charge in [0.2, 0.25) is 0 Å². The third-order valence-corrected chi connectivity index (χ3v) is 3.72. The van der Waals surface area contributed by atoms with Crippen molar-refractivity contribution < 1.29 is 19.4 Å². The van der Waals surface area contributed by atoms with Crippen LogP contribution in [0.3, 0.4) is 0 Å². The molecule has 8 heteroatoms. The summed E-state index contributed by atoms with van der Waals surface area (Å²) < 4.78 is 7.20.